The minimum absolute atomic E-state index is 0.0887. The lowest BCUT2D eigenvalue weighted by Gasteiger charge is -2.28. The first-order chi connectivity index (χ1) is 10.1. The first kappa shape index (κ1) is 16.0. The molecule has 2 atom stereocenters. The maximum Gasteiger partial charge on any atom is 0.251 e. The number of carbonyl (C=O) groups excluding carboxylic acids is 2. The number of hydrogen-bond acceptors (Lipinski definition) is 3. The van der Waals surface area contributed by atoms with Crippen LogP contribution in [0.4, 0.5) is 0 Å². The molecule has 2 unspecified atom stereocenters. The van der Waals surface area contributed by atoms with Gasteiger partial charge in [0.2, 0.25) is 5.91 Å². The van der Waals surface area contributed by atoms with Gasteiger partial charge in [-0.2, -0.15) is 0 Å². The van der Waals surface area contributed by atoms with E-state index in [0.717, 1.165) is 30.2 Å². The number of aliphatic hydroxyl groups is 1. The maximum atomic E-state index is 11.9. The molecule has 2 rings (SSSR count). The summed E-state index contributed by atoms with van der Waals surface area (Å²) in [6.07, 6.45) is 3.02. The number of hydrogen-bond donors (Lipinski definition) is 3. The molecule has 114 valence electrons. The minimum atomic E-state index is -0.483. The number of nitrogens with one attached hydrogen (secondary N) is 2. The second-order valence-electron chi connectivity index (χ2n) is 5.22. The van der Waals surface area contributed by atoms with Crippen molar-refractivity contribution in [2.75, 3.05) is 6.54 Å². The average molecular weight is 355 g/mol. The molecule has 1 fully saturated rings. The maximum absolute atomic E-state index is 11.9. The van der Waals surface area contributed by atoms with Crippen LogP contribution in [-0.2, 0) is 4.79 Å². The monoisotopic (exact) mass is 354 g/mol. The second kappa shape index (κ2) is 7.56. The number of aliphatic hydroxyl groups excluding tert-OH is 1. The van der Waals surface area contributed by atoms with E-state index in [9.17, 15) is 14.7 Å². The number of benzene rings is 1. The molecule has 3 N–H and O–H groups in total. The highest BCUT2D eigenvalue weighted by Crippen LogP contribution is 2.18. The van der Waals surface area contributed by atoms with Gasteiger partial charge in [-0.25, -0.2) is 0 Å². The lowest BCUT2D eigenvalue weighted by molar-refractivity contribution is -0.122. The van der Waals surface area contributed by atoms with Crippen molar-refractivity contribution in [1.29, 1.82) is 0 Å². The fourth-order valence-corrected chi connectivity index (χ4v) is 2.83. The third kappa shape index (κ3) is 4.82. The lowest BCUT2D eigenvalue weighted by Crippen LogP contribution is -2.48. The largest absolute Gasteiger partial charge is 0.391 e. The number of amides is 2. The standard InChI is InChI=1S/C15H19BrN2O3/c16-11-5-3-4-10(8-11)15(21)17-9-14(20)18-12-6-1-2-7-13(12)19/h3-5,8,12-13,19H,1-2,6-7,9H2,(H,17,21)(H,18,20). The van der Waals surface area contributed by atoms with Gasteiger partial charge in [0.15, 0.2) is 0 Å². The smallest absolute Gasteiger partial charge is 0.251 e. The molecule has 1 aromatic carbocycles. The van der Waals surface area contributed by atoms with Crippen molar-refractivity contribution in [2.45, 2.75) is 37.8 Å². The fourth-order valence-electron chi connectivity index (χ4n) is 2.43. The quantitative estimate of drug-likeness (QED) is 0.768. The summed E-state index contributed by atoms with van der Waals surface area (Å²) in [7, 11) is 0. The van der Waals surface area contributed by atoms with Crippen molar-refractivity contribution >= 4 is 27.7 Å². The molecule has 1 aliphatic rings. The summed E-state index contributed by atoms with van der Waals surface area (Å²) in [6.45, 7) is -0.0887. The Bertz CT molecular complexity index is 521. The Hall–Kier alpha value is -1.40. The Balaban J connectivity index is 1.79. The summed E-state index contributed by atoms with van der Waals surface area (Å²) < 4.78 is 0.810. The van der Waals surface area contributed by atoms with Crippen LogP contribution in [0.25, 0.3) is 0 Å². The molecule has 0 saturated heterocycles. The first-order valence-corrected chi connectivity index (χ1v) is 7.87. The normalized spacial score (nSPS) is 21.6. The zero-order valence-electron chi connectivity index (χ0n) is 11.6. The zero-order valence-corrected chi connectivity index (χ0v) is 13.2. The second-order valence-corrected chi connectivity index (χ2v) is 6.13. The highest BCUT2D eigenvalue weighted by atomic mass is 79.9. The SMILES string of the molecule is O=C(CNC(=O)c1cccc(Br)c1)NC1CCCCC1O. The fraction of sp³-hybridized carbons (Fsp3) is 0.467. The Kier molecular flexibility index (Phi) is 5.76. The van der Waals surface area contributed by atoms with Gasteiger partial charge in [-0.3, -0.25) is 9.59 Å². The molecular weight excluding hydrogens is 336 g/mol. The Labute approximate surface area is 132 Å². The molecule has 0 aromatic heterocycles. The topological polar surface area (TPSA) is 78.4 Å². The molecule has 0 aliphatic heterocycles. The Morgan fingerprint density at radius 1 is 1.29 bits per heavy atom. The summed E-state index contributed by atoms with van der Waals surface area (Å²) in [5.74, 6) is -0.570. The van der Waals surface area contributed by atoms with Gasteiger partial charge in [-0.05, 0) is 31.0 Å². The van der Waals surface area contributed by atoms with Crippen LogP contribution in [0.3, 0.4) is 0 Å². The average Bonchev–Trinajstić information content (AvgIpc) is 2.47. The van der Waals surface area contributed by atoms with Gasteiger partial charge >= 0.3 is 0 Å². The van der Waals surface area contributed by atoms with E-state index in [-0.39, 0.29) is 24.4 Å². The lowest BCUT2D eigenvalue weighted by atomic mass is 9.92. The first-order valence-electron chi connectivity index (χ1n) is 7.07. The molecule has 0 heterocycles. The van der Waals surface area contributed by atoms with Crippen LogP contribution in [-0.4, -0.2) is 35.6 Å². The number of halogens is 1. The molecular formula is C15H19BrN2O3. The van der Waals surface area contributed by atoms with E-state index in [0.29, 0.717) is 5.56 Å². The summed E-state index contributed by atoms with van der Waals surface area (Å²) in [5.41, 5.74) is 0.495. The van der Waals surface area contributed by atoms with Crippen LogP contribution in [0.2, 0.25) is 0 Å². The summed E-state index contributed by atoms with van der Waals surface area (Å²) in [4.78, 5) is 23.7. The molecule has 1 aromatic rings. The van der Waals surface area contributed by atoms with Crippen LogP contribution in [0, 0.1) is 0 Å². The van der Waals surface area contributed by atoms with Gasteiger partial charge in [0.25, 0.3) is 5.91 Å². The van der Waals surface area contributed by atoms with Crippen LogP contribution in [0.1, 0.15) is 36.0 Å². The van der Waals surface area contributed by atoms with Crippen LogP contribution in [0.15, 0.2) is 28.7 Å². The van der Waals surface area contributed by atoms with Crippen molar-refractivity contribution in [3.05, 3.63) is 34.3 Å². The van der Waals surface area contributed by atoms with Crippen molar-refractivity contribution in [2.24, 2.45) is 0 Å². The van der Waals surface area contributed by atoms with Crippen molar-refractivity contribution in [3.8, 4) is 0 Å². The highest BCUT2D eigenvalue weighted by molar-refractivity contribution is 9.10. The van der Waals surface area contributed by atoms with E-state index in [1.54, 1.807) is 18.2 Å². The molecule has 21 heavy (non-hydrogen) atoms. The molecule has 0 bridgehead atoms. The van der Waals surface area contributed by atoms with Crippen molar-refractivity contribution < 1.29 is 14.7 Å². The van der Waals surface area contributed by atoms with Crippen molar-refractivity contribution in [1.82, 2.24) is 10.6 Å². The summed E-state index contributed by atoms with van der Waals surface area (Å²) >= 11 is 3.30. The van der Waals surface area contributed by atoms with Gasteiger partial charge in [0.1, 0.15) is 0 Å². The molecule has 0 spiro atoms. The predicted molar refractivity (Wildman–Crippen MR) is 82.9 cm³/mol. The van der Waals surface area contributed by atoms with E-state index in [1.165, 1.54) is 0 Å². The Morgan fingerprint density at radius 3 is 2.76 bits per heavy atom. The zero-order chi connectivity index (χ0) is 15.2. The Morgan fingerprint density at radius 2 is 2.05 bits per heavy atom. The van der Waals surface area contributed by atoms with E-state index in [1.807, 2.05) is 6.07 Å². The van der Waals surface area contributed by atoms with Gasteiger partial charge < -0.3 is 15.7 Å². The molecule has 1 saturated carbocycles. The van der Waals surface area contributed by atoms with Crippen molar-refractivity contribution in [3.63, 3.8) is 0 Å². The third-order valence-electron chi connectivity index (χ3n) is 3.57. The predicted octanol–water partition coefficient (Wildman–Crippen LogP) is 1.60. The minimum Gasteiger partial charge on any atom is -0.391 e. The molecule has 2 amide bonds. The van der Waals surface area contributed by atoms with E-state index in [4.69, 9.17) is 0 Å². The summed E-state index contributed by atoms with van der Waals surface area (Å²) in [5, 5.41) is 15.1. The van der Waals surface area contributed by atoms with Gasteiger partial charge in [0, 0.05) is 10.0 Å². The molecule has 6 heteroatoms. The van der Waals surface area contributed by atoms with E-state index >= 15 is 0 Å². The molecule has 1 aliphatic carbocycles. The van der Waals surface area contributed by atoms with Crippen LogP contribution in [0.5, 0.6) is 0 Å². The van der Waals surface area contributed by atoms with Crippen LogP contribution < -0.4 is 10.6 Å². The van der Waals surface area contributed by atoms with Gasteiger partial charge in [-0.1, -0.05) is 34.8 Å². The van der Waals surface area contributed by atoms with Crippen LogP contribution >= 0.6 is 15.9 Å². The van der Waals surface area contributed by atoms with Gasteiger partial charge in [0.05, 0.1) is 18.7 Å². The molecule has 0 radical (unpaired) electrons. The number of rotatable bonds is 4. The number of carbonyl (C=O) groups is 2. The summed E-state index contributed by atoms with van der Waals surface area (Å²) in [6, 6.07) is 6.76. The van der Waals surface area contributed by atoms with Gasteiger partial charge in [-0.15, -0.1) is 0 Å². The third-order valence-corrected chi connectivity index (χ3v) is 4.07. The van der Waals surface area contributed by atoms with E-state index in [2.05, 4.69) is 26.6 Å². The molecule has 5 nitrogen and oxygen atoms in total. The highest BCUT2D eigenvalue weighted by Gasteiger charge is 2.24. The van der Waals surface area contributed by atoms with E-state index < -0.39 is 6.10 Å².